The molecule has 3 aromatic rings. The van der Waals surface area contributed by atoms with E-state index in [0.29, 0.717) is 30.1 Å². The van der Waals surface area contributed by atoms with Crippen molar-refractivity contribution < 1.29 is 27.5 Å². The Kier molecular flexibility index (Phi) is 8.49. The smallest absolute Gasteiger partial charge is 0.303 e. The van der Waals surface area contributed by atoms with Crippen molar-refractivity contribution in [2.75, 3.05) is 34.3 Å². The van der Waals surface area contributed by atoms with Gasteiger partial charge in [-0.2, -0.15) is 12.7 Å². The van der Waals surface area contributed by atoms with E-state index in [-0.39, 0.29) is 36.3 Å². The highest BCUT2D eigenvalue weighted by Gasteiger charge is 2.34. The maximum Gasteiger partial charge on any atom is 0.303 e. The fourth-order valence-corrected chi connectivity index (χ4v) is 7.48. The van der Waals surface area contributed by atoms with Crippen LogP contribution in [-0.4, -0.2) is 85.5 Å². The summed E-state index contributed by atoms with van der Waals surface area (Å²) in [7, 11) is 0.311. The second-order valence-electron chi connectivity index (χ2n) is 12.6. The zero-order valence-corrected chi connectivity index (χ0v) is 27.3. The Hall–Kier alpha value is -3.74. The molecule has 1 aromatic carbocycles. The molecule has 1 saturated carbocycles. The van der Waals surface area contributed by atoms with E-state index < -0.39 is 16.1 Å². The van der Waals surface area contributed by atoms with Crippen molar-refractivity contribution >= 4 is 39.1 Å². The van der Waals surface area contributed by atoms with Crippen LogP contribution in [0.15, 0.2) is 35.9 Å². The monoisotopic (exact) mass is 635 g/mol. The molecule has 2 atom stereocenters. The molecular weight excluding hydrogens is 594 g/mol. The summed E-state index contributed by atoms with van der Waals surface area (Å²) in [5.74, 6) is 0.0718. The number of nitrogens with one attached hydrogen (secondary N) is 1. The minimum absolute atomic E-state index is 0.0182. The van der Waals surface area contributed by atoms with Gasteiger partial charge in [-0.25, -0.2) is 9.71 Å². The van der Waals surface area contributed by atoms with Crippen molar-refractivity contribution in [1.82, 2.24) is 23.5 Å². The standard InChI is InChI=1S/C33H41N5O6S/c1-20-17-37(18-21(2)44-20)33(40)24-15-23-16-25(43-5)11-12-26(23)30-29(22-9-7-6-8-10-22)27-13-14-28(34-31(27)38(30)19-24)32(39)35-45(41,42)36(3)4/h11-16,20-22H,6-10,17-19H2,1-5H3,(H,35,39)/t20-,21?/m0/s1. The van der Waals surface area contributed by atoms with E-state index in [0.717, 1.165) is 57.8 Å². The fraction of sp³-hybridized carbons (Fsp3) is 0.485. The first kappa shape index (κ1) is 31.3. The molecule has 12 heteroatoms. The van der Waals surface area contributed by atoms with Gasteiger partial charge in [-0.3, -0.25) is 9.59 Å². The molecule has 0 radical (unpaired) electrons. The predicted octanol–water partition coefficient (Wildman–Crippen LogP) is 4.33. The van der Waals surface area contributed by atoms with Crippen molar-refractivity contribution in [3.63, 3.8) is 0 Å². The van der Waals surface area contributed by atoms with Crippen molar-refractivity contribution in [3.05, 3.63) is 52.7 Å². The summed E-state index contributed by atoms with van der Waals surface area (Å²) in [5.41, 5.74) is 5.09. The van der Waals surface area contributed by atoms with E-state index in [9.17, 15) is 18.0 Å². The average molecular weight is 636 g/mol. The van der Waals surface area contributed by atoms with Crippen molar-refractivity contribution in [2.45, 2.75) is 70.6 Å². The van der Waals surface area contributed by atoms with Crippen LogP contribution >= 0.6 is 0 Å². The second-order valence-corrected chi connectivity index (χ2v) is 14.4. The second kappa shape index (κ2) is 12.2. The highest BCUT2D eigenvalue weighted by atomic mass is 32.2. The highest BCUT2D eigenvalue weighted by Crippen LogP contribution is 2.46. The Bertz CT molecular complexity index is 1780. The molecule has 6 rings (SSSR count). The van der Waals surface area contributed by atoms with Crippen LogP contribution in [0.25, 0.3) is 28.4 Å². The third kappa shape index (κ3) is 5.98. The van der Waals surface area contributed by atoms with E-state index in [1.807, 2.05) is 53.7 Å². The van der Waals surface area contributed by atoms with Gasteiger partial charge < -0.3 is 18.9 Å². The Balaban J connectivity index is 1.55. The maximum atomic E-state index is 14.2. The van der Waals surface area contributed by atoms with Gasteiger partial charge in [0.25, 0.3) is 11.8 Å². The Morgan fingerprint density at radius 2 is 1.76 bits per heavy atom. The van der Waals surface area contributed by atoms with Crippen LogP contribution in [0.2, 0.25) is 0 Å². The molecule has 11 nitrogen and oxygen atoms in total. The summed E-state index contributed by atoms with van der Waals surface area (Å²) in [5, 5.41) is 0.910. The molecule has 4 heterocycles. The number of hydrogen-bond donors (Lipinski definition) is 1. The fourth-order valence-electron chi connectivity index (χ4n) is 6.96. The quantitative estimate of drug-likeness (QED) is 0.428. The molecule has 3 aliphatic rings. The largest absolute Gasteiger partial charge is 0.497 e. The minimum Gasteiger partial charge on any atom is -0.497 e. The van der Waals surface area contributed by atoms with Gasteiger partial charge in [-0.1, -0.05) is 19.3 Å². The number of morpholine rings is 1. The number of fused-ring (bicyclic) bond motifs is 5. The number of hydrogen-bond acceptors (Lipinski definition) is 7. The number of amides is 2. The van der Waals surface area contributed by atoms with E-state index in [4.69, 9.17) is 14.5 Å². The van der Waals surface area contributed by atoms with E-state index in [1.54, 1.807) is 13.2 Å². The average Bonchev–Trinajstić information content (AvgIpc) is 3.22. The Labute approximate surface area is 264 Å². The topological polar surface area (TPSA) is 123 Å². The van der Waals surface area contributed by atoms with Crippen LogP contribution in [0.1, 0.15) is 73.5 Å². The molecule has 0 spiro atoms. The molecule has 1 N–H and O–H groups in total. The van der Waals surface area contributed by atoms with Gasteiger partial charge in [0.15, 0.2) is 0 Å². The number of pyridine rings is 1. The highest BCUT2D eigenvalue weighted by molar-refractivity contribution is 7.87. The van der Waals surface area contributed by atoms with Crippen LogP contribution in [0.4, 0.5) is 0 Å². The molecule has 2 aromatic heterocycles. The molecule has 1 saturated heterocycles. The van der Waals surface area contributed by atoms with Gasteiger partial charge in [-0.05, 0) is 80.1 Å². The lowest BCUT2D eigenvalue weighted by Gasteiger charge is -2.35. The summed E-state index contributed by atoms with van der Waals surface area (Å²) in [6.07, 6.45) is 7.28. The lowest BCUT2D eigenvalue weighted by atomic mass is 9.81. The summed E-state index contributed by atoms with van der Waals surface area (Å²) < 4.78 is 41.5. The first-order valence-corrected chi connectivity index (χ1v) is 17.0. The molecule has 1 unspecified atom stereocenters. The molecule has 45 heavy (non-hydrogen) atoms. The SMILES string of the molecule is COc1ccc2c(c1)C=C(C(=O)N1CC(C)O[C@@H](C)C1)Cn1c-2c(C2CCCCC2)c2ccc(C(=O)NS(=O)(=O)N(C)C)nc21. The summed E-state index contributed by atoms with van der Waals surface area (Å²) >= 11 is 0. The van der Waals surface area contributed by atoms with Gasteiger partial charge in [0.05, 0.1) is 31.6 Å². The third-order valence-electron chi connectivity index (χ3n) is 9.05. The molecule has 2 amide bonds. The number of aromatic nitrogens is 2. The van der Waals surface area contributed by atoms with Crippen LogP contribution in [0, 0.1) is 0 Å². The molecule has 1 aliphatic carbocycles. The third-order valence-corrected chi connectivity index (χ3v) is 10.5. The molecule has 240 valence electrons. The normalized spacial score (nSPS) is 20.8. The number of carbonyl (C=O) groups excluding carboxylic acids is 2. The predicted molar refractivity (Wildman–Crippen MR) is 172 cm³/mol. The zero-order chi connectivity index (χ0) is 32.0. The number of ether oxygens (including phenoxy) is 2. The van der Waals surface area contributed by atoms with Crippen LogP contribution in [-0.2, 0) is 26.3 Å². The van der Waals surface area contributed by atoms with Gasteiger partial charge in [0.1, 0.15) is 17.1 Å². The van der Waals surface area contributed by atoms with E-state index >= 15 is 0 Å². The summed E-state index contributed by atoms with van der Waals surface area (Å²) in [4.78, 5) is 34.0. The molecule has 2 fully saturated rings. The Morgan fingerprint density at radius 1 is 1.04 bits per heavy atom. The van der Waals surface area contributed by atoms with Gasteiger partial charge in [0.2, 0.25) is 0 Å². The lowest BCUT2D eigenvalue weighted by Crippen LogP contribution is -2.48. The summed E-state index contributed by atoms with van der Waals surface area (Å²) in [6.45, 7) is 5.15. The van der Waals surface area contributed by atoms with Crippen molar-refractivity contribution in [2.24, 2.45) is 0 Å². The Morgan fingerprint density at radius 3 is 2.42 bits per heavy atom. The van der Waals surface area contributed by atoms with Crippen LogP contribution in [0.5, 0.6) is 5.75 Å². The zero-order valence-electron chi connectivity index (χ0n) is 26.5. The van der Waals surface area contributed by atoms with Crippen molar-refractivity contribution in [1.29, 1.82) is 0 Å². The van der Waals surface area contributed by atoms with E-state index in [1.165, 1.54) is 20.5 Å². The first-order chi connectivity index (χ1) is 21.5. The molecule has 0 bridgehead atoms. The van der Waals surface area contributed by atoms with E-state index in [2.05, 4.69) is 4.72 Å². The molecular formula is C33H41N5O6S. The maximum absolute atomic E-state index is 14.2. The lowest BCUT2D eigenvalue weighted by molar-refractivity contribution is -0.139. The number of carbonyl (C=O) groups is 2. The van der Waals surface area contributed by atoms with Gasteiger partial charge in [0, 0.05) is 43.7 Å². The van der Waals surface area contributed by atoms with Crippen molar-refractivity contribution in [3.8, 4) is 17.0 Å². The summed E-state index contributed by atoms with van der Waals surface area (Å²) in [6, 6.07) is 9.39. The van der Waals surface area contributed by atoms with Gasteiger partial charge >= 0.3 is 10.2 Å². The van der Waals surface area contributed by atoms with Crippen LogP contribution < -0.4 is 9.46 Å². The number of nitrogens with zero attached hydrogens (tertiary/aromatic N) is 4. The number of benzene rings is 1. The molecule has 2 aliphatic heterocycles. The number of rotatable bonds is 6. The number of methoxy groups -OCH3 is 1. The minimum atomic E-state index is -4.02. The first-order valence-electron chi connectivity index (χ1n) is 15.6. The van der Waals surface area contributed by atoms with Crippen LogP contribution in [0.3, 0.4) is 0 Å². The van der Waals surface area contributed by atoms with Gasteiger partial charge in [-0.15, -0.1) is 0 Å².